The number of aliphatic hydroxyl groups is 1. The highest BCUT2D eigenvalue weighted by Gasteiger charge is 2.31. The molecule has 3 unspecified atom stereocenters. The fraction of sp³-hybridized carbons (Fsp3) is 0.750. The smallest absolute Gasteiger partial charge is 0.332 e. The van der Waals surface area contributed by atoms with E-state index in [-0.39, 0.29) is 37.5 Å². The summed E-state index contributed by atoms with van der Waals surface area (Å²) in [5, 5.41) is 20.1. The number of piperidine rings is 1. The fourth-order valence-electron chi connectivity index (χ4n) is 2.16. The van der Waals surface area contributed by atoms with Crippen molar-refractivity contribution in [1.29, 1.82) is 0 Å². The van der Waals surface area contributed by atoms with Crippen LogP contribution in [0.5, 0.6) is 0 Å². The third kappa shape index (κ3) is 4.37. The lowest BCUT2D eigenvalue weighted by Gasteiger charge is -2.36. The van der Waals surface area contributed by atoms with Crippen molar-refractivity contribution < 1.29 is 24.6 Å². The van der Waals surface area contributed by atoms with Gasteiger partial charge in [-0.05, 0) is 19.8 Å². The van der Waals surface area contributed by atoms with Crippen LogP contribution >= 0.6 is 0 Å². The van der Waals surface area contributed by atoms with Crippen LogP contribution in [0.1, 0.15) is 26.2 Å². The minimum absolute atomic E-state index is 0.00463. The van der Waals surface area contributed by atoms with Gasteiger partial charge in [-0.2, -0.15) is 0 Å². The molecule has 5 N–H and O–H groups in total. The van der Waals surface area contributed by atoms with Crippen molar-refractivity contribution in [3.8, 4) is 0 Å². The number of carboxylic acid groups (broad SMARTS) is 1. The van der Waals surface area contributed by atoms with Crippen molar-refractivity contribution in [3.63, 3.8) is 0 Å². The van der Waals surface area contributed by atoms with E-state index in [1.165, 1.54) is 4.90 Å². The maximum Gasteiger partial charge on any atom is 0.332 e. The molecule has 8 nitrogen and oxygen atoms in total. The molecule has 0 aromatic heterocycles. The first kappa shape index (κ1) is 16.2. The fourth-order valence-corrected chi connectivity index (χ4v) is 2.16. The Kier molecular flexibility index (Phi) is 5.75. The summed E-state index contributed by atoms with van der Waals surface area (Å²) in [7, 11) is 0. The topological polar surface area (TPSA) is 133 Å². The molecule has 0 bridgehead atoms. The van der Waals surface area contributed by atoms with Gasteiger partial charge in [-0.3, -0.25) is 4.79 Å². The first-order chi connectivity index (χ1) is 9.32. The van der Waals surface area contributed by atoms with E-state index >= 15 is 0 Å². The largest absolute Gasteiger partial charge is 0.479 e. The van der Waals surface area contributed by atoms with Gasteiger partial charge in [0, 0.05) is 25.6 Å². The van der Waals surface area contributed by atoms with E-state index < -0.39 is 18.0 Å². The van der Waals surface area contributed by atoms with E-state index in [0.717, 1.165) is 0 Å². The van der Waals surface area contributed by atoms with E-state index in [2.05, 4.69) is 5.32 Å². The quantitative estimate of drug-likeness (QED) is 0.521. The summed E-state index contributed by atoms with van der Waals surface area (Å²) in [6, 6.07) is -0.379. The van der Waals surface area contributed by atoms with Crippen molar-refractivity contribution in [2.24, 2.45) is 11.7 Å². The van der Waals surface area contributed by atoms with Crippen LogP contribution in [0.4, 0.5) is 4.79 Å². The van der Waals surface area contributed by atoms with E-state index in [9.17, 15) is 14.4 Å². The third-order valence-electron chi connectivity index (χ3n) is 3.52. The molecule has 0 spiro atoms. The molecule has 3 atom stereocenters. The SMILES string of the molecule is CC1CCC(C(N)=O)CN1C(=O)NCCC(O)C(=O)O. The van der Waals surface area contributed by atoms with Crippen LogP contribution in [-0.4, -0.2) is 58.3 Å². The lowest BCUT2D eigenvalue weighted by atomic mass is 9.93. The number of carbonyl (C=O) groups is 3. The van der Waals surface area contributed by atoms with Gasteiger partial charge in [-0.1, -0.05) is 0 Å². The van der Waals surface area contributed by atoms with Crippen molar-refractivity contribution in [3.05, 3.63) is 0 Å². The predicted octanol–water partition coefficient (Wildman–Crippen LogP) is -0.883. The first-order valence-electron chi connectivity index (χ1n) is 6.57. The lowest BCUT2D eigenvalue weighted by molar-refractivity contribution is -0.146. The average molecular weight is 287 g/mol. The molecule has 0 aliphatic carbocycles. The van der Waals surface area contributed by atoms with E-state index in [1.807, 2.05) is 6.92 Å². The molecule has 20 heavy (non-hydrogen) atoms. The molecular formula is C12H21N3O5. The minimum Gasteiger partial charge on any atom is -0.479 e. The molecule has 0 radical (unpaired) electrons. The Hall–Kier alpha value is -1.83. The maximum atomic E-state index is 12.0. The number of carboxylic acids is 1. The molecule has 0 saturated carbocycles. The second-order valence-electron chi connectivity index (χ2n) is 5.05. The van der Waals surface area contributed by atoms with Crippen LogP contribution < -0.4 is 11.1 Å². The maximum absolute atomic E-state index is 12.0. The summed E-state index contributed by atoms with van der Waals surface area (Å²) in [6.07, 6.45) is -0.202. The van der Waals surface area contributed by atoms with E-state index in [4.69, 9.17) is 15.9 Å². The normalized spacial score (nSPS) is 24.0. The zero-order chi connectivity index (χ0) is 15.3. The van der Waals surface area contributed by atoms with E-state index in [1.54, 1.807) is 0 Å². The molecule has 1 saturated heterocycles. The van der Waals surface area contributed by atoms with E-state index in [0.29, 0.717) is 12.8 Å². The monoisotopic (exact) mass is 287 g/mol. The number of nitrogens with two attached hydrogens (primary N) is 1. The summed E-state index contributed by atoms with van der Waals surface area (Å²) in [5.41, 5.74) is 5.25. The Morgan fingerprint density at radius 1 is 1.40 bits per heavy atom. The molecule has 114 valence electrons. The zero-order valence-corrected chi connectivity index (χ0v) is 11.4. The van der Waals surface area contributed by atoms with Gasteiger partial charge in [0.05, 0.1) is 5.92 Å². The molecule has 0 aromatic carbocycles. The second-order valence-corrected chi connectivity index (χ2v) is 5.05. The van der Waals surface area contributed by atoms with Crippen molar-refractivity contribution in [2.75, 3.05) is 13.1 Å². The first-order valence-corrected chi connectivity index (χ1v) is 6.57. The Morgan fingerprint density at radius 2 is 2.05 bits per heavy atom. The Labute approximate surface area is 116 Å². The summed E-state index contributed by atoms with van der Waals surface area (Å²) in [4.78, 5) is 35.1. The third-order valence-corrected chi connectivity index (χ3v) is 3.52. The highest BCUT2D eigenvalue weighted by molar-refractivity contribution is 5.79. The molecule has 1 fully saturated rings. The number of urea groups is 1. The van der Waals surface area contributed by atoms with Gasteiger partial charge >= 0.3 is 12.0 Å². The number of likely N-dealkylation sites (tertiary alicyclic amines) is 1. The van der Waals surface area contributed by atoms with Gasteiger partial charge in [0.25, 0.3) is 0 Å². The molecule has 8 heteroatoms. The number of rotatable bonds is 5. The Bertz CT molecular complexity index is 387. The standard InChI is InChI=1S/C12H21N3O5/c1-7-2-3-8(10(13)17)6-15(7)12(20)14-5-4-9(16)11(18)19/h7-9,16H,2-6H2,1H3,(H2,13,17)(H,14,20)(H,18,19). The minimum atomic E-state index is -1.49. The summed E-state index contributed by atoms with van der Waals surface area (Å²) >= 11 is 0. The van der Waals surface area contributed by atoms with Gasteiger partial charge in [-0.15, -0.1) is 0 Å². The molecule has 1 aliphatic heterocycles. The molecule has 1 aliphatic rings. The van der Waals surface area contributed by atoms with Crippen LogP contribution in [0.15, 0.2) is 0 Å². The number of aliphatic carboxylic acids is 1. The van der Waals surface area contributed by atoms with Crippen LogP contribution in [0.25, 0.3) is 0 Å². The number of nitrogens with zero attached hydrogens (tertiary/aromatic N) is 1. The van der Waals surface area contributed by atoms with Crippen molar-refractivity contribution in [1.82, 2.24) is 10.2 Å². The Balaban J connectivity index is 2.44. The Morgan fingerprint density at radius 3 is 2.60 bits per heavy atom. The lowest BCUT2D eigenvalue weighted by Crippen LogP contribution is -2.52. The van der Waals surface area contributed by atoms with Gasteiger partial charge in [0.1, 0.15) is 0 Å². The number of primary amides is 1. The zero-order valence-electron chi connectivity index (χ0n) is 11.4. The highest BCUT2D eigenvalue weighted by atomic mass is 16.4. The predicted molar refractivity (Wildman–Crippen MR) is 69.7 cm³/mol. The number of nitrogens with one attached hydrogen (secondary N) is 1. The number of carbonyl (C=O) groups excluding carboxylic acids is 2. The second kappa shape index (κ2) is 7.09. The molecule has 1 rings (SSSR count). The summed E-state index contributed by atoms with van der Waals surface area (Å²) in [6.45, 7) is 2.20. The molecule has 3 amide bonds. The summed E-state index contributed by atoms with van der Waals surface area (Å²) in [5.74, 6) is -2.09. The van der Waals surface area contributed by atoms with Crippen molar-refractivity contribution in [2.45, 2.75) is 38.3 Å². The molecule has 0 aromatic rings. The average Bonchev–Trinajstić information content (AvgIpc) is 2.38. The molecular weight excluding hydrogens is 266 g/mol. The van der Waals surface area contributed by atoms with Gasteiger partial charge in [-0.25, -0.2) is 9.59 Å². The van der Waals surface area contributed by atoms with Gasteiger partial charge in [0.2, 0.25) is 5.91 Å². The number of hydrogen-bond acceptors (Lipinski definition) is 4. The van der Waals surface area contributed by atoms with Crippen LogP contribution in [0, 0.1) is 5.92 Å². The number of hydrogen-bond donors (Lipinski definition) is 4. The summed E-state index contributed by atoms with van der Waals surface area (Å²) < 4.78 is 0. The van der Waals surface area contributed by atoms with Gasteiger partial charge in [0.15, 0.2) is 6.10 Å². The van der Waals surface area contributed by atoms with Crippen LogP contribution in [0.2, 0.25) is 0 Å². The number of aliphatic hydroxyl groups excluding tert-OH is 1. The van der Waals surface area contributed by atoms with Crippen LogP contribution in [0.3, 0.4) is 0 Å². The van der Waals surface area contributed by atoms with Gasteiger partial charge < -0.3 is 26.2 Å². The number of amides is 3. The van der Waals surface area contributed by atoms with Crippen LogP contribution in [-0.2, 0) is 9.59 Å². The highest BCUT2D eigenvalue weighted by Crippen LogP contribution is 2.21. The van der Waals surface area contributed by atoms with Crippen molar-refractivity contribution >= 4 is 17.9 Å². The molecule has 1 heterocycles.